The van der Waals surface area contributed by atoms with E-state index < -0.39 is 23.3 Å². The second-order valence-corrected chi connectivity index (χ2v) is 10.2. The molecule has 0 bridgehead atoms. The molecule has 1 aromatic carbocycles. The number of rotatable bonds is 6. The van der Waals surface area contributed by atoms with Gasteiger partial charge in [0.15, 0.2) is 5.82 Å². The molecule has 0 spiro atoms. The number of carbonyl (C=O) groups is 3. The molecule has 0 saturated heterocycles. The molecule has 36 heavy (non-hydrogen) atoms. The van der Waals surface area contributed by atoms with Crippen molar-refractivity contribution in [1.29, 1.82) is 0 Å². The number of anilines is 1. The van der Waals surface area contributed by atoms with E-state index in [0.29, 0.717) is 16.4 Å². The van der Waals surface area contributed by atoms with Gasteiger partial charge in [-0.25, -0.2) is 14.5 Å². The van der Waals surface area contributed by atoms with Crippen LogP contribution in [0.2, 0.25) is 5.02 Å². The lowest BCUT2D eigenvalue weighted by molar-refractivity contribution is 0.00899. The summed E-state index contributed by atoms with van der Waals surface area (Å²) >= 11 is 6.25. The van der Waals surface area contributed by atoms with Crippen LogP contribution in [0.1, 0.15) is 76.8 Å². The van der Waals surface area contributed by atoms with E-state index in [1.807, 2.05) is 20.8 Å². The van der Waals surface area contributed by atoms with Gasteiger partial charge in [-0.2, -0.15) is 5.10 Å². The molecule has 0 aliphatic heterocycles. The molecule has 1 aliphatic carbocycles. The van der Waals surface area contributed by atoms with Gasteiger partial charge in [0.1, 0.15) is 11.8 Å². The van der Waals surface area contributed by atoms with Gasteiger partial charge < -0.3 is 15.4 Å². The molecular weight excluding hydrogens is 482 g/mol. The first-order valence-electron chi connectivity index (χ1n) is 11.7. The van der Waals surface area contributed by atoms with Crippen molar-refractivity contribution in [3.8, 4) is 5.82 Å². The molecule has 1 aliphatic rings. The summed E-state index contributed by atoms with van der Waals surface area (Å²) in [5, 5.41) is 10.2. The van der Waals surface area contributed by atoms with Crippen LogP contribution in [0.4, 0.5) is 5.69 Å². The standard InChI is InChI=1S/C26H28ClN5O4/c1-15-13-16(25(35)36-17-7-5-8-17)14-18(23(33)31-26(2,3)4)21(15)30-24(34)20-10-12-29-32(20)22-19(27)9-6-11-28-22/h6,9-14,17H,5,7-8H2,1-4H3,(H,30,34)(H,31,33). The fraction of sp³-hybridized carbons (Fsp3) is 0.346. The van der Waals surface area contributed by atoms with Gasteiger partial charge in [0, 0.05) is 11.7 Å². The van der Waals surface area contributed by atoms with Gasteiger partial charge in [-0.15, -0.1) is 0 Å². The van der Waals surface area contributed by atoms with Gasteiger partial charge >= 0.3 is 5.97 Å². The molecule has 3 aromatic rings. The quantitative estimate of drug-likeness (QED) is 0.464. The van der Waals surface area contributed by atoms with Crippen LogP contribution in [-0.4, -0.2) is 44.2 Å². The van der Waals surface area contributed by atoms with Crippen molar-refractivity contribution in [2.24, 2.45) is 0 Å². The van der Waals surface area contributed by atoms with E-state index in [-0.39, 0.29) is 28.6 Å². The Hall–Kier alpha value is -3.72. The van der Waals surface area contributed by atoms with E-state index in [1.165, 1.54) is 23.0 Å². The highest BCUT2D eigenvalue weighted by Crippen LogP contribution is 2.28. The van der Waals surface area contributed by atoms with E-state index in [1.54, 1.807) is 31.3 Å². The van der Waals surface area contributed by atoms with E-state index in [2.05, 4.69) is 20.7 Å². The number of carbonyl (C=O) groups excluding carboxylic acids is 3. The fourth-order valence-electron chi connectivity index (χ4n) is 3.72. The van der Waals surface area contributed by atoms with Crippen molar-refractivity contribution in [3.05, 3.63) is 70.1 Å². The van der Waals surface area contributed by atoms with Crippen LogP contribution in [0.5, 0.6) is 0 Å². The molecule has 1 fully saturated rings. The van der Waals surface area contributed by atoms with Crippen molar-refractivity contribution >= 4 is 35.1 Å². The van der Waals surface area contributed by atoms with E-state index in [4.69, 9.17) is 16.3 Å². The summed E-state index contributed by atoms with van der Waals surface area (Å²) in [6, 6.07) is 7.91. The number of ether oxygens (including phenoxy) is 1. The summed E-state index contributed by atoms with van der Waals surface area (Å²) in [7, 11) is 0. The number of nitrogens with one attached hydrogen (secondary N) is 2. The Morgan fingerprint density at radius 3 is 2.50 bits per heavy atom. The van der Waals surface area contributed by atoms with Gasteiger partial charge in [-0.3, -0.25) is 9.59 Å². The number of benzene rings is 1. The molecule has 9 nitrogen and oxygen atoms in total. The van der Waals surface area contributed by atoms with Crippen molar-refractivity contribution in [2.75, 3.05) is 5.32 Å². The molecule has 0 atom stereocenters. The lowest BCUT2D eigenvalue weighted by atomic mass is 9.96. The van der Waals surface area contributed by atoms with Crippen LogP contribution in [0.25, 0.3) is 5.82 Å². The van der Waals surface area contributed by atoms with Crippen molar-refractivity contribution in [2.45, 2.75) is 58.6 Å². The van der Waals surface area contributed by atoms with Crippen LogP contribution >= 0.6 is 11.6 Å². The maximum absolute atomic E-state index is 13.3. The second kappa shape index (κ2) is 10.1. The number of aryl methyl sites for hydroxylation is 1. The molecule has 2 aromatic heterocycles. The van der Waals surface area contributed by atoms with Crippen LogP contribution in [0.15, 0.2) is 42.7 Å². The van der Waals surface area contributed by atoms with Crippen LogP contribution < -0.4 is 10.6 Å². The zero-order valence-corrected chi connectivity index (χ0v) is 21.3. The number of nitrogens with zero attached hydrogens (tertiary/aromatic N) is 3. The summed E-state index contributed by atoms with van der Waals surface area (Å²) < 4.78 is 6.86. The Balaban J connectivity index is 1.69. The minimum atomic E-state index is -0.539. The zero-order valence-electron chi connectivity index (χ0n) is 20.6. The molecule has 188 valence electrons. The smallest absolute Gasteiger partial charge is 0.338 e. The Morgan fingerprint density at radius 2 is 1.86 bits per heavy atom. The Kier molecular flexibility index (Phi) is 7.12. The predicted octanol–water partition coefficient (Wildman–Crippen LogP) is 4.72. The van der Waals surface area contributed by atoms with Gasteiger partial charge in [0.25, 0.3) is 11.8 Å². The lowest BCUT2D eigenvalue weighted by Gasteiger charge is -2.26. The topological polar surface area (TPSA) is 115 Å². The highest BCUT2D eigenvalue weighted by Gasteiger charge is 2.27. The highest BCUT2D eigenvalue weighted by molar-refractivity contribution is 6.32. The van der Waals surface area contributed by atoms with Gasteiger partial charge in [0.05, 0.1) is 28.0 Å². The van der Waals surface area contributed by atoms with Gasteiger partial charge in [-0.1, -0.05) is 11.6 Å². The molecule has 0 unspecified atom stereocenters. The van der Waals surface area contributed by atoms with Gasteiger partial charge in [0.2, 0.25) is 0 Å². The normalized spacial score (nSPS) is 13.6. The van der Waals surface area contributed by atoms with Crippen LogP contribution in [0.3, 0.4) is 0 Å². The Morgan fingerprint density at radius 1 is 1.11 bits per heavy atom. The SMILES string of the molecule is Cc1cc(C(=O)OC2CCC2)cc(C(=O)NC(C)(C)C)c1NC(=O)c1ccnn1-c1ncccc1Cl. The third-order valence-corrected chi connectivity index (χ3v) is 5.98. The number of hydrogen-bond acceptors (Lipinski definition) is 6. The average Bonchev–Trinajstić information content (AvgIpc) is 3.26. The lowest BCUT2D eigenvalue weighted by Crippen LogP contribution is -2.41. The number of hydrogen-bond donors (Lipinski definition) is 2. The summed E-state index contributed by atoms with van der Waals surface area (Å²) in [4.78, 5) is 43.5. The summed E-state index contributed by atoms with van der Waals surface area (Å²) in [5.74, 6) is -1.15. The average molecular weight is 510 g/mol. The Bertz CT molecular complexity index is 1320. The monoisotopic (exact) mass is 509 g/mol. The van der Waals surface area contributed by atoms with Crippen molar-refractivity contribution in [3.63, 3.8) is 0 Å². The van der Waals surface area contributed by atoms with Crippen molar-refractivity contribution in [1.82, 2.24) is 20.1 Å². The minimum absolute atomic E-state index is 0.0947. The summed E-state index contributed by atoms with van der Waals surface area (Å²) in [6.45, 7) is 7.26. The second-order valence-electron chi connectivity index (χ2n) is 9.77. The molecule has 1 saturated carbocycles. The third-order valence-electron chi connectivity index (χ3n) is 5.68. The number of aromatic nitrogens is 3. The number of halogens is 1. The molecule has 2 N–H and O–H groups in total. The predicted molar refractivity (Wildman–Crippen MR) is 136 cm³/mol. The maximum Gasteiger partial charge on any atom is 0.338 e. The van der Waals surface area contributed by atoms with E-state index >= 15 is 0 Å². The minimum Gasteiger partial charge on any atom is -0.459 e. The number of amides is 2. The first-order valence-corrected chi connectivity index (χ1v) is 12.1. The molecule has 0 radical (unpaired) electrons. The van der Waals surface area contributed by atoms with E-state index in [9.17, 15) is 14.4 Å². The number of esters is 1. The maximum atomic E-state index is 13.3. The third kappa shape index (κ3) is 5.57. The fourth-order valence-corrected chi connectivity index (χ4v) is 3.92. The Labute approximate surface area is 214 Å². The zero-order chi connectivity index (χ0) is 26.0. The molecular formula is C26H28ClN5O4. The van der Waals surface area contributed by atoms with E-state index in [0.717, 1.165) is 19.3 Å². The first-order chi connectivity index (χ1) is 17.0. The van der Waals surface area contributed by atoms with Crippen molar-refractivity contribution < 1.29 is 19.1 Å². The van der Waals surface area contributed by atoms with Crippen LogP contribution in [0, 0.1) is 6.92 Å². The summed E-state index contributed by atoms with van der Waals surface area (Å²) in [5.41, 5.74) is 0.852. The molecule has 4 rings (SSSR count). The first kappa shape index (κ1) is 25.4. The van der Waals surface area contributed by atoms with Crippen LogP contribution in [-0.2, 0) is 4.74 Å². The highest BCUT2D eigenvalue weighted by atomic mass is 35.5. The van der Waals surface area contributed by atoms with Gasteiger partial charge in [-0.05, 0) is 82.9 Å². The molecule has 2 heterocycles. The number of pyridine rings is 1. The molecule has 10 heteroatoms. The largest absolute Gasteiger partial charge is 0.459 e. The summed E-state index contributed by atoms with van der Waals surface area (Å²) in [6.07, 6.45) is 5.61. The molecule has 2 amide bonds.